The van der Waals surface area contributed by atoms with Gasteiger partial charge < -0.3 is 4.57 Å². The van der Waals surface area contributed by atoms with Crippen molar-refractivity contribution in [2.24, 2.45) is 0 Å². The summed E-state index contributed by atoms with van der Waals surface area (Å²) in [4.78, 5) is 8.95. The minimum atomic E-state index is 0.458. The second-order valence-electron chi connectivity index (χ2n) is 4.15. The normalized spacial score (nSPS) is 11.2. The number of aryl methyl sites for hydroxylation is 1. The van der Waals surface area contributed by atoms with Crippen molar-refractivity contribution >= 4 is 11.3 Å². The first-order chi connectivity index (χ1) is 7.70. The first-order valence-electron chi connectivity index (χ1n) is 5.65. The Morgan fingerprint density at radius 3 is 2.88 bits per heavy atom. The van der Waals surface area contributed by atoms with Gasteiger partial charge in [0.1, 0.15) is 5.82 Å². The van der Waals surface area contributed by atoms with E-state index in [1.165, 1.54) is 5.01 Å². The SMILES string of the molecule is CCc1nc(Cn2ccnc2C(C)C)cs1. The molecule has 2 rings (SSSR count). The summed E-state index contributed by atoms with van der Waals surface area (Å²) in [7, 11) is 0. The molecule has 0 fully saturated rings. The van der Waals surface area contributed by atoms with E-state index < -0.39 is 0 Å². The zero-order valence-electron chi connectivity index (χ0n) is 9.97. The van der Waals surface area contributed by atoms with E-state index in [1.54, 1.807) is 11.3 Å². The molecular formula is C12H17N3S. The number of hydrogen-bond acceptors (Lipinski definition) is 3. The minimum absolute atomic E-state index is 0.458. The molecule has 0 radical (unpaired) electrons. The van der Waals surface area contributed by atoms with E-state index in [1.807, 2.05) is 12.4 Å². The fourth-order valence-electron chi connectivity index (χ4n) is 1.71. The topological polar surface area (TPSA) is 30.7 Å². The average Bonchev–Trinajstić information content (AvgIpc) is 2.87. The predicted octanol–water partition coefficient (Wildman–Crippen LogP) is 3.07. The third-order valence-corrected chi connectivity index (χ3v) is 3.54. The molecular weight excluding hydrogens is 218 g/mol. The zero-order chi connectivity index (χ0) is 11.5. The van der Waals surface area contributed by atoms with Crippen molar-refractivity contribution in [1.29, 1.82) is 0 Å². The van der Waals surface area contributed by atoms with E-state index in [-0.39, 0.29) is 0 Å². The Kier molecular flexibility index (Phi) is 3.39. The molecule has 2 heterocycles. The lowest BCUT2D eigenvalue weighted by Crippen LogP contribution is -2.06. The predicted molar refractivity (Wildman–Crippen MR) is 66.9 cm³/mol. The second kappa shape index (κ2) is 4.78. The average molecular weight is 235 g/mol. The molecule has 2 aromatic heterocycles. The minimum Gasteiger partial charge on any atom is -0.329 e. The highest BCUT2D eigenvalue weighted by molar-refractivity contribution is 7.09. The van der Waals surface area contributed by atoms with E-state index >= 15 is 0 Å². The van der Waals surface area contributed by atoms with E-state index in [2.05, 4.69) is 40.7 Å². The Balaban J connectivity index is 2.17. The van der Waals surface area contributed by atoms with Crippen LogP contribution in [0, 0.1) is 0 Å². The van der Waals surface area contributed by atoms with Crippen LogP contribution in [0.4, 0.5) is 0 Å². The molecule has 0 aliphatic carbocycles. The van der Waals surface area contributed by atoms with Crippen molar-refractivity contribution in [3.63, 3.8) is 0 Å². The van der Waals surface area contributed by atoms with Gasteiger partial charge >= 0.3 is 0 Å². The quantitative estimate of drug-likeness (QED) is 0.815. The van der Waals surface area contributed by atoms with Crippen LogP contribution in [0.5, 0.6) is 0 Å². The first-order valence-corrected chi connectivity index (χ1v) is 6.53. The molecule has 0 bridgehead atoms. The lowest BCUT2D eigenvalue weighted by atomic mass is 10.2. The van der Waals surface area contributed by atoms with Crippen molar-refractivity contribution in [2.45, 2.75) is 39.7 Å². The highest BCUT2D eigenvalue weighted by Crippen LogP contribution is 2.15. The molecule has 0 aliphatic rings. The largest absolute Gasteiger partial charge is 0.329 e. The Bertz CT molecular complexity index is 456. The summed E-state index contributed by atoms with van der Waals surface area (Å²) in [6.45, 7) is 7.30. The summed E-state index contributed by atoms with van der Waals surface area (Å²) in [5.41, 5.74) is 1.14. The fraction of sp³-hybridized carbons (Fsp3) is 0.500. The summed E-state index contributed by atoms with van der Waals surface area (Å²) in [5, 5.41) is 3.35. The van der Waals surface area contributed by atoms with Gasteiger partial charge in [-0.05, 0) is 6.42 Å². The summed E-state index contributed by atoms with van der Waals surface area (Å²) in [5.74, 6) is 1.59. The van der Waals surface area contributed by atoms with Crippen molar-refractivity contribution in [2.75, 3.05) is 0 Å². The Hall–Kier alpha value is -1.16. The van der Waals surface area contributed by atoms with Crippen molar-refractivity contribution in [3.8, 4) is 0 Å². The molecule has 16 heavy (non-hydrogen) atoms. The zero-order valence-corrected chi connectivity index (χ0v) is 10.8. The first kappa shape index (κ1) is 11.3. The van der Waals surface area contributed by atoms with Gasteiger partial charge in [0.2, 0.25) is 0 Å². The van der Waals surface area contributed by atoms with Crippen LogP contribution < -0.4 is 0 Å². The smallest absolute Gasteiger partial charge is 0.111 e. The molecule has 0 saturated heterocycles. The lowest BCUT2D eigenvalue weighted by Gasteiger charge is -2.08. The molecule has 0 amide bonds. The van der Waals surface area contributed by atoms with Crippen LogP contribution >= 0.6 is 11.3 Å². The molecule has 2 aromatic rings. The Labute approximate surface area is 100 Å². The number of thiazole rings is 1. The molecule has 3 nitrogen and oxygen atoms in total. The number of aromatic nitrogens is 3. The third kappa shape index (κ3) is 2.32. The standard InChI is InChI=1S/C12H17N3S/c1-4-11-14-10(8-16-11)7-15-6-5-13-12(15)9(2)3/h5-6,8-9H,4,7H2,1-3H3. The van der Waals surface area contributed by atoms with E-state index in [0.29, 0.717) is 5.92 Å². The number of nitrogens with zero attached hydrogens (tertiary/aromatic N) is 3. The second-order valence-corrected chi connectivity index (χ2v) is 5.10. The highest BCUT2D eigenvalue weighted by atomic mass is 32.1. The summed E-state index contributed by atoms with van der Waals surface area (Å²) >= 11 is 1.74. The van der Waals surface area contributed by atoms with Gasteiger partial charge in [-0.3, -0.25) is 0 Å². The van der Waals surface area contributed by atoms with Crippen LogP contribution in [-0.2, 0) is 13.0 Å². The third-order valence-electron chi connectivity index (χ3n) is 2.50. The van der Waals surface area contributed by atoms with Gasteiger partial charge in [-0.15, -0.1) is 11.3 Å². The van der Waals surface area contributed by atoms with Crippen LogP contribution in [0.3, 0.4) is 0 Å². The molecule has 0 N–H and O–H groups in total. The summed E-state index contributed by atoms with van der Waals surface area (Å²) in [6.07, 6.45) is 4.91. The van der Waals surface area contributed by atoms with Crippen molar-refractivity contribution in [1.82, 2.24) is 14.5 Å². The number of rotatable bonds is 4. The highest BCUT2D eigenvalue weighted by Gasteiger charge is 2.08. The molecule has 4 heteroatoms. The van der Waals surface area contributed by atoms with Gasteiger partial charge in [0.05, 0.1) is 17.2 Å². The molecule has 86 valence electrons. The van der Waals surface area contributed by atoms with Crippen LogP contribution in [0.1, 0.15) is 43.2 Å². The summed E-state index contributed by atoms with van der Waals surface area (Å²) in [6, 6.07) is 0. The number of hydrogen-bond donors (Lipinski definition) is 0. The van der Waals surface area contributed by atoms with Crippen LogP contribution in [0.25, 0.3) is 0 Å². The maximum absolute atomic E-state index is 4.57. The van der Waals surface area contributed by atoms with Gasteiger partial charge in [-0.25, -0.2) is 9.97 Å². The molecule has 0 aromatic carbocycles. The molecule has 0 unspecified atom stereocenters. The van der Waals surface area contributed by atoms with Gasteiger partial charge in [-0.2, -0.15) is 0 Å². The van der Waals surface area contributed by atoms with Crippen molar-refractivity contribution in [3.05, 3.63) is 34.3 Å². The Morgan fingerprint density at radius 1 is 1.44 bits per heavy atom. The van der Waals surface area contributed by atoms with Gasteiger partial charge in [0.15, 0.2) is 0 Å². The summed E-state index contributed by atoms with van der Waals surface area (Å²) < 4.78 is 2.18. The lowest BCUT2D eigenvalue weighted by molar-refractivity contribution is 0.662. The van der Waals surface area contributed by atoms with Gasteiger partial charge in [-0.1, -0.05) is 20.8 Å². The van der Waals surface area contributed by atoms with Crippen LogP contribution in [0.15, 0.2) is 17.8 Å². The number of imidazole rings is 1. The maximum Gasteiger partial charge on any atom is 0.111 e. The molecule has 0 spiro atoms. The molecule has 0 aliphatic heterocycles. The fourth-order valence-corrected chi connectivity index (χ4v) is 2.45. The van der Waals surface area contributed by atoms with E-state index in [9.17, 15) is 0 Å². The van der Waals surface area contributed by atoms with Crippen molar-refractivity contribution < 1.29 is 0 Å². The van der Waals surface area contributed by atoms with E-state index in [0.717, 1.165) is 24.5 Å². The van der Waals surface area contributed by atoms with Crippen LogP contribution in [-0.4, -0.2) is 14.5 Å². The molecule has 0 saturated carbocycles. The van der Waals surface area contributed by atoms with Gasteiger partial charge in [0, 0.05) is 23.7 Å². The van der Waals surface area contributed by atoms with E-state index in [4.69, 9.17) is 0 Å². The van der Waals surface area contributed by atoms with Gasteiger partial charge in [0.25, 0.3) is 0 Å². The maximum atomic E-state index is 4.57. The monoisotopic (exact) mass is 235 g/mol. The Morgan fingerprint density at radius 2 is 2.25 bits per heavy atom. The van der Waals surface area contributed by atoms with Crippen LogP contribution in [0.2, 0.25) is 0 Å². The molecule has 0 atom stereocenters.